The van der Waals surface area contributed by atoms with E-state index in [1.807, 2.05) is 0 Å². The zero-order valence-electron chi connectivity index (χ0n) is 6.81. The first-order chi connectivity index (χ1) is 4.59. The maximum atomic E-state index is 10.9. The zero-order valence-corrected chi connectivity index (χ0v) is 7.96. The summed E-state index contributed by atoms with van der Waals surface area (Å²) in [7, 11) is -1.02. The third kappa shape index (κ3) is 2.82. The van der Waals surface area contributed by atoms with Gasteiger partial charge in [0.1, 0.15) is 0 Å². The van der Waals surface area contributed by atoms with Crippen LogP contribution >= 0.6 is 0 Å². The maximum absolute atomic E-state index is 10.9. The number of carbonyl (C=O) groups excluding carboxylic acids is 1. The lowest BCUT2D eigenvalue weighted by Crippen LogP contribution is -2.17. The van der Waals surface area contributed by atoms with Crippen molar-refractivity contribution >= 4 is 14.8 Å². The molecule has 3 heteroatoms. The van der Waals surface area contributed by atoms with Crippen LogP contribution in [0.15, 0.2) is 11.8 Å². The maximum Gasteiger partial charge on any atom is 0.328 e. The molecule has 0 unspecified atom stereocenters. The second-order valence-electron chi connectivity index (χ2n) is 2.40. The van der Waals surface area contributed by atoms with Crippen molar-refractivity contribution in [2.45, 2.75) is 20.0 Å². The quantitative estimate of drug-likeness (QED) is 0.350. The van der Waals surface area contributed by atoms with Crippen LogP contribution in [0.1, 0.15) is 6.92 Å². The van der Waals surface area contributed by atoms with Crippen molar-refractivity contribution in [1.82, 2.24) is 0 Å². The van der Waals surface area contributed by atoms with Crippen molar-refractivity contribution in [3.8, 4) is 0 Å². The summed E-state index contributed by atoms with van der Waals surface area (Å²) in [6.07, 6.45) is 0. The van der Waals surface area contributed by atoms with E-state index in [0.717, 1.165) is 0 Å². The van der Waals surface area contributed by atoms with Crippen LogP contribution in [0.2, 0.25) is 13.1 Å². The van der Waals surface area contributed by atoms with Crippen molar-refractivity contribution in [3.63, 3.8) is 0 Å². The van der Waals surface area contributed by atoms with Crippen LogP contribution in [-0.4, -0.2) is 21.4 Å². The van der Waals surface area contributed by atoms with Gasteiger partial charge >= 0.3 is 5.97 Å². The van der Waals surface area contributed by atoms with Gasteiger partial charge in [0, 0.05) is 5.20 Å². The van der Waals surface area contributed by atoms with Crippen LogP contribution in [0.4, 0.5) is 0 Å². The zero-order chi connectivity index (χ0) is 8.15. The van der Waals surface area contributed by atoms with Crippen LogP contribution in [0.25, 0.3) is 0 Å². The SMILES string of the molecule is C=C(C(=O)OCC)[SiH](C)C. The lowest BCUT2D eigenvalue weighted by atomic mass is 10.6. The van der Waals surface area contributed by atoms with E-state index < -0.39 is 8.80 Å². The van der Waals surface area contributed by atoms with Gasteiger partial charge in [0.15, 0.2) is 0 Å². The smallest absolute Gasteiger partial charge is 0.328 e. The van der Waals surface area contributed by atoms with Crippen molar-refractivity contribution < 1.29 is 9.53 Å². The second-order valence-corrected chi connectivity index (χ2v) is 5.41. The molecule has 58 valence electrons. The minimum absolute atomic E-state index is 0.218. The molecule has 0 aliphatic heterocycles. The summed E-state index contributed by atoms with van der Waals surface area (Å²) in [4.78, 5) is 10.9. The van der Waals surface area contributed by atoms with Crippen LogP contribution < -0.4 is 0 Å². The highest BCUT2D eigenvalue weighted by atomic mass is 28.3. The van der Waals surface area contributed by atoms with Gasteiger partial charge in [0.25, 0.3) is 0 Å². The molecule has 0 rings (SSSR count). The molecule has 0 spiro atoms. The van der Waals surface area contributed by atoms with E-state index in [1.165, 1.54) is 0 Å². The summed E-state index contributed by atoms with van der Waals surface area (Å²) in [5.41, 5.74) is 0. The minimum Gasteiger partial charge on any atom is -0.463 e. The number of esters is 1. The van der Waals surface area contributed by atoms with E-state index >= 15 is 0 Å². The Hall–Kier alpha value is -0.573. The van der Waals surface area contributed by atoms with Crippen LogP contribution in [0.3, 0.4) is 0 Å². The first-order valence-electron chi connectivity index (χ1n) is 3.45. The summed E-state index contributed by atoms with van der Waals surface area (Å²) < 4.78 is 4.76. The fraction of sp³-hybridized carbons (Fsp3) is 0.571. The van der Waals surface area contributed by atoms with E-state index in [9.17, 15) is 4.79 Å². The summed E-state index contributed by atoms with van der Waals surface area (Å²) in [5.74, 6) is -0.218. The van der Waals surface area contributed by atoms with E-state index in [0.29, 0.717) is 11.8 Å². The fourth-order valence-electron chi connectivity index (χ4n) is 0.459. The fourth-order valence-corrected chi connectivity index (χ4v) is 1.01. The monoisotopic (exact) mass is 158 g/mol. The summed E-state index contributed by atoms with van der Waals surface area (Å²) in [6.45, 7) is 10.0. The molecule has 0 saturated heterocycles. The Morgan fingerprint density at radius 2 is 2.10 bits per heavy atom. The molecule has 0 bridgehead atoms. The first kappa shape index (κ1) is 9.43. The Morgan fingerprint density at radius 1 is 1.60 bits per heavy atom. The molecule has 0 amide bonds. The molecule has 10 heavy (non-hydrogen) atoms. The van der Waals surface area contributed by atoms with Crippen molar-refractivity contribution in [1.29, 1.82) is 0 Å². The third-order valence-electron chi connectivity index (χ3n) is 1.23. The van der Waals surface area contributed by atoms with Crippen LogP contribution in [0, 0.1) is 0 Å². The first-order valence-corrected chi connectivity index (χ1v) is 6.34. The van der Waals surface area contributed by atoms with Crippen LogP contribution in [-0.2, 0) is 9.53 Å². The molecule has 0 saturated carbocycles. The van der Waals surface area contributed by atoms with Crippen molar-refractivity contribution in [2.75, 3.05) is 6.61 Å². The number of rotatable bonds is 3. The van der Waals surface area contributed by atoms with Gasteiger partial charge in [-0.05, 0) is 6.92 Å². The normalized spacial score (nSPS) is 9.60. The van der Waals surface area contributed by atoms with Gasteiger partial charge < -0.3 is 4.74 Å². The van der Waals surface area contributed by atoms with Gasteiger partial charge in [-0.15, -0.1) is 0 Å². The Balaban J connectivity index is 3.83. The molecule has 0 N–H and O–H groups in total. The topological polar surface area (TPSA) is 26.3 Å². The highest BCUT2D eigenvalue weighted by Gasteiger charge is 2.11. The van der Waals surface area contributed by atoms with Gasteiger partial charge in [-0.3, -0.25) is 0 Å². The number of carbonyl (C=O) groups is 1. The van der Waals surface area contributed by atoms with Crippen molar-refractivity contribution in [3.05, 3.63) is 11.8 Å². The Labute approximate surface area is 63.5 Å². The predicted molar refractivity (Wildman–Crippen MR) is 44.7 cm³/mol. The molecule has 0 aliphatic rings. The lowest BCUT2D eigenvalue weighted by Gasteiger charge is -2.05. The predicted octanol–water partition coefficient (Wildman–Crippen LogP) is 1.13. The molecule has 0 fully saturated rings. The average Bonchev–Trinajstić information content (AvgIpc) is 1.87. The molecule has 0 aromatic heterocycles. The molecule has 0 heterocycles. The highest BCUT2D eigenvalue weighted by Crippen LogP contribution is 1.99. The standard InChI is InChI=1S/C7H14O2Si/c1-5-9-7(8)6(2)10(3)4/h10H,2,5H2,1,3-4H3. The highest BCUT2D eigenvalue weighted by molar-refractivity contribution is 6.69. The molecular weight excluding hydrogens is 144 g/mol. The van der Waals surface area contributed by atoms with Gasteiger partial charge in [0.05, 0.1) is 15.4 Å². The number of ether oxygens (including phenoxy) is 1. The van der Waals surface area contributed by atoms with E-state index in [1.54, 1.807) is 6.92 Å². The Bertz CT molecular complexity index is 141. The summed E-state index contributed by atoms with van der Waals surface area (Å²) in [5, 5.41) is 0.682. The molecule has 0 atom stereocenters. The van der Waals surface area contributed by atoms with Gasteiger partial charge in [-0.25, -0.2) is 4.79 Å². The largest absolute Gasteiger partial charge is 0.463 e. The molecule has 0 aromatic rings. The number of hydrogen-bond donors (Lipinski definition) is 0. The van der Waals surface area contributed by atoms with E-state index in [4.69, 9.17) is 4.74 Å². The van der Waals surface area contributed by atoms with Gasteiger partial charge in [-0.1, -0.05) is 19.7 Å². The second kappa shape index (κ2) is 4.28. The average molecular weight is 158 g/mol. The summed E-state index contributed by atoms with van der Waals surface area (Å²) in [6, 6.07) is 0. The summed E-state index contributed by atoms with van der Waals surface area (Å²) >= 11 is 0. The molecular formula is C7H14O2Si. The lowest BCUT2D eigenvalue weighted by molar-refractivity contribution is -0.137. The number of hydrogen-bond acceptors (Lipinski definition) is 2. The molecule has 0 aliphatic carbocycles. The Kier molecular flexibility index (Phi) is 4.03. The minimum atomic E-state index is -1.02. The van der Waals surface area contributed by atoms with E-state index in [2.05, 4.69) is 19.7 Å². The molecule has 0 radical (unpaired) electrons. The molecule has 0 aromatic carbocycles. The third-order valence-corrected chi connectivity index (χ3v) is 2.86. The van der Waals surface area contributed by atoms with Crippen LogP contribution in [0.5, 0.6) is 0 Å². The molecule has 2 nitrogen and oxygen atoms in total. The van der Waals surface area contributed by atoms with E-state index in [-0.39, 0.29) is 5.97 Å². The van der Waals surface area contributed by atoms with Gasteiger partial charge in [-0.2, -0.15) is 0 Å². The Morgan fingerprint density at radius 3 is 2.40 bits per heavy atom. The van der Waals surface area contributed by atoms with Crippen molar-refractivity contribution in [2.24, 2.45) is 0 Å². The van der Waals surface area contributed by atoms with Gasteiger partial charge in [0.2, 0.25) is 0 Å².